The van der Waals surface area contributed by atoms with Crippen LogP contribution < -0.4 is 4.90 Å². The average Bonchev–Trinajstić information content (AvgIpc) is 2.17. The van der Waals surface area contributed by atoms with Gasteiger partial charge in [0.2, 0.25) is 0 Å². The van der Waals surface area contributed by atoms with Crippen LogP contribution in [-0.2, 0) is 5.88 Å². The molecule has 0 aliphatic carbocycles. The van der Waals surface area contributed by atoms with E-state index in [1.165, 1.54) is 0 Å². The molecule has 0 unspecified atom stereocenters. The summed E-state index contributed by atoms with van der Waals surface area (Å²) in [5, 5.41) is 0.631. The molecule has 0 atom stereocenters. The number of pyridine rings is 1. The Bertz CT molecular complexity index is 326. The molecule has 2 nitrogen and oxygen atoms in total. The van der Waals surface area contributed by atoms with Crippen molar-refractivity contribution in [2.24, 2.45) is 5.92 Å². The number of alkyl halides is 1. The lowest BCUT2D eigenvalue weighted by Gasteiger charge is -2.20. The van der Waals surface area contributed by atoms with E-state index < -0.39 is 0 Å². The highest BCUT2D eigenvalue weighted by atomic mass is 35.5. The molecule has 0 fully saturated rings. The van der Waals surface area contributed by atoms with E-state index in [0.29, 0.717) is 16.8 Å². The molecule has 15 heavy (non-hydrogen) atoms. The highest BCUT2D eigenvalue weighted by molar-refractivity contribution is 6.32. The molecular weight excluding hydrogens is 231 g/mol. The van der Waals surface area contributed by atoms with Gasteiger partial charge in [0.05, 0.1) is 16.6 Å². The standard InChI is InChI=1S/C11H16Cl2N2/c1-8(2)7-15(3)11-5-4-9(13)10(6-12)14-11/h4-5,8H,6-7H2,1-3H3. The van der Waals surface area contributed by atoms with Gasteiger partial charge in [0, 0.05) is 13.6 Å². The molecule has 0 aromatic carbocycles. The van der Waals surface area contributed by atoms with E-state index in [-0.39, 0.29) is 0 Å². The van der Waals surface area contributed by atoms with E-state index in [4.69, 9.17) is 23.2 Å². The first kappa shape index (κ1) is 12.6. The van der Waals surface area contributed by atoms with Gasteiger partial charge in [0.25, 0.3) is 0 Å². The first-order chi connectivity index (χ1) is 7.04. The Kier molecular flexibility index (Phi) is 4.68. The second-order valence-electron chi connectivity index (χ2n) is 4.01. The molecule has 0 N–H and O–H groups in total. The molecule has 1 aromatic heterocycles. The summed E-state index contributed by atoms with van der Waals surface area (Å²) in [4.78, 5) is 6.51. The third-order valence-corrected chi connectivity index (χ3v) is 2.66. The van der Waals surface area contributed by atoms with Crippen LogP contribution in [0.3, 0.4) is 0 Å². The van der Waals surface area contributed by atoms with Crippen molar-refractivity contribution in [3.05, 3.63) is 22.8 Å². The molecule has 0 aliphatic rings. The summed E-state index contributed by atoms with van der Waals surface area (Å²) in [7, 11) is 2.02. The molecule has 0 aliphatic heterocycles. The summed E-state index contributed by atoms with van der Waals surface area (Å²) < 4.78 is 0. The van der Waals surface area contributed by atoms with Gasteiger partial charge in [0.1, 0.15) is 5.82 Å². The Morgan fingerprint density at radius 1 is 1.40 bits per heavy atom. The van der Waals surface area contributed by atoms with Gasteiger partial charge in [-0.15, -0.1) is 11.6 Å². The monoisotopic (exact) mass is 246 g/mol. The lowest BCUT2D eigenvalue weighted by molar-refractivity contribution is 0.634. The summed E-state index contributed by atoms with van der Waals surface area (Å²) in [5.74, 6) is 1.87. The highest BCUT2D eigenvalue weighted by Crippen LogP contribution is 2.20. The van der Waals surface area contributed by atoms with Crippen LogP contribution >= 0.6 is 23.2 Å². The lowest BCUT2D eigenvalue weighted by atomic mass is 10.2. The molecule has 1 rings (SSSR count). The van der Waals surface area contributed by atoms with Crippen LogP contribution in [0.4, 0.5) is 5.82 Å². The number of hydrogen-bond donors (Lipinski definition) is 0. The number of anilines is 1. The Morgan fingerprint density at radius 2 is 2.07 bits per heavy atom. The fourth-order valence-electron chi connectivity index (χ4n) is 1.42. The van der Waals surface area contributed by atoms with E-state index in [9.17, 15) is 0 Å². The quantitative estimate of drug-likeness (QED) is 0.756. The van der Waals surface area contributed by atoms with Crippen LogP contribution in [0.5, 0.6) is 0 Å². The smallest absolute Gasteiger partial charge is 0.128 e. The van der Waals surface area contributed by atoms with E-state index in [0.717, 1.165) is 18.1 Å². The molecule has 4 heteroatoms. The summed E-state index contributed by atoms with van der Waals surface area (Å²) >= 11 is 11.7. The largest absolute Gasteiger partial charge is 0.359 e. The maximum atomic E-state index is 5.94. The van der Waals surface area contributed by atoms with E-state index in [2.05, 4.69) is 23.7 Å². The molecular formula is C11H16Cl2N2. The van der Waals surface area contributed by atoms with Gasteiger partial charge in [-0.1, -0.05) is 25.4 Å². The lowest BCUT2D eigenvalue weighted by Crippen LogP contribution is -2.23. The SMILES string of the molecule is CC(C)CN(C)c1ccc(Cl)c(CCl)n1. The van der Waals surface area contributed by atoms with Crippen molar-refractivity contribution in [1.82, 2.24) is 4.98 Å². The molecule has 0 saturated carbocycles. The van der Waals surface area contributed by atoms with Gasteiger partial charge in [-0.2, -0.15) is 0 Å². The average molecular weight is 247 g/mol. The molecule has 0 radical (unpaired) electrons. The predicted molar refractivity (Wildman–Crippen MR) is 66.9 cm³/mol. The van der Waals surface area contributed by atoms with E-state index >= 15 is 0 Å². The number of halogens is 2. The highest BCUT2D eigenvalue weighted by Gasteiger charge is 2.07. The Labute approximate surface area is 101 Å². The number of rotatable bonds is 4. The fourth-order valence-corrected chi connectivity index (χ4v) is 1.86. The number of hydrogen-bond acceptors (Lipinski definition) is 2. The van der Waals surface area contributed by atoms with Gasteiger partial charge in [-0.3, -0.25) is 0 Å². The second kappa shape index (κ2) is 5.57. The Hall–Kier alpha value is -0.470. The number of aromatic nitrogens is 1. The van der Waals surface area contributed by atoms with Crippen LogP contribution in [-0.4, -0.2) is 18.6 Å². The van der Waals surface area contributed by atoms with Crippen LogP contribution in [0.1, 0.15) is 19.5 Å². The minimum absolute atomic E-state index is 0.349. The normalized spacial score (nSPS) is 10.8. The third kappa shape index (κ3) is 3.54. The molecule has 0 amide bonds. The van der Waals surface area contributed by atoms with Gasteiger partial charge < -0.3 is 4.90 Å². The Balaban J connectivity index is 2.85. The zero-order chi connectivity index (χ0) is 11.4. The van der Waals surface area contributed by atoms with Crippen molar-refractivity contribution in [3.63, 3.8) is 0 Å². The first-order valence-electron chi connectivity index (χ1n) is 4.97. The summed E-state index contributed by atoms with van der Waals surface area (Å²) in [6.07, 6.45) is 0. The molecule has 1 heterocycles. The second-order valence-corrected chi connectivity index (χ2v) is 4.68. The van der Waals surface area contributed by atoms with Crippen molar-refractivity contribution < 1.29 is 0 Å². The van der Waals surface area contributed by atoms with Crippen molar-refractivity contribution in [3.8, 4) is 0 Å². The van der Waals surface area contributed by atoms with Crippen molar-refractivity contribution in [1.29, 1.82) is 0 Å². The summed E-state index contributed by atoms with van der Waals surface area (Å²) in [6.45, 7) is 5.32. The molecule has 84 valence electrons. The molecule has 1 aromatic rings. The van der Waals surface area contributed by atoms with Crippen molar-refractivity contribution in [2.45, 2.75) is 19.7 Å². The maximum absolute atomic E-state index is 5.94. The topological polar surface area (TPSA) is 16.1 Å². The minimum Gasteiger partial charge on any atom is -0.359 e. The molecule has 0 bridgehead atoms. The fraction of sp³-hybridized carbons (Fsp3) is 0.545. The van der Waals surface area contributed by atoms with Crippen LogP contribution in [0.15, 0.2) is 12.1 Å². The zero-order valence-electron chi connectivity index (χ0n) is 9.30. The summed E-state index contributed by atoms with van der Waals surface area (Å²) in [5.41, 5.74) is 0.742. The first-order valence-corrected chi connectivity index (χ1v) is 5.88. The van der Waals surface area contributed by atoms with Gasteiger partial charge >= 0.3 is 0 Å². The maximum Gasteiger partial charge on any atom is 0.128 e. The van der Waals surface area contributed by atoms with E-state index in [1.54, 1.807) is 0 Å². The van der Waals surface area contributed by atoms with Gasteiger partial charge in [-0.25, -0.2) is 4.98 Å². The zero-order valence-corrected chi connectivity index (χ0v) is 10.8. The minimum atomic E-state index is 0.349. The Morgan fingerprint density at radius 3 is 2.60 bits per heavy atom. The summed E-state index contributed by atoms with van der Waals surface area (Å²) in [6, 6.07) is 3.76. The van der Waals surface area contributed by atoms with Crippen molar-refractivity contribution >= 4 is 29.0 Å². The molecule has 0 spiro atoms. The number of nitrogens with zero attached hydrogens (tertiary/aromatic N) is 2. The van der Waals surface area contributed by atoms with Crippen LogP contribution in [0.25, 0.3) is 0 Å². The van der Waals surface area contributed by atoms with Gasteiger partial charge in [0.15, 0.2) is 0 Å². The van der Waals surface area contributed by atoms with Crippen LogP contribution in [0, 0.1) is 5.92 Å². The van der Waals surface area contributed by atoms with E-state index in [1.807, 2.05) is 19.2 Å². The molecule has 0 saturated heterocycles. The predicted octanol–water partition coefficient (Wildman–Crippen LogP) is 3.57. The third-order valence-electron chi connectivity index (χ3n) is 2.06. The van der Waals surface area contributed by atoms with Gasteiger partial charge in [-0.05, 0) is 18.1 Å². The van der Waals surface area contributed by atoms with Crippen LogP contribution in [0.2, 0.25) is 5.02 Å². The van der Waals surface area contributed by atoms with Crippen molar-refractivity contribution in [2.75, 3.05) is 18.5 Å².